The zero-order valence-electron chi connectivity index (χ0n) is 19.5. The zero-order valence-corrected chi connectivity index (χ0v) is 21.1. The van der Waals surface area contributed by atoms with Gasteiger partial charge in [-0.05, 0) is 59.4 Å². The van der Waals surface area contributed by atoms with Crippen LogP contribution in [-0.2, 0) is 28.5 Å². The molecule has 0 bridgehead atoms. The largest absolute Gasteiger partial charge is 0.462 e. The fourth-order valence-corrected chi connectivity index (χ4v) is 6.48. The van der Waals surface area contributed by atoms with E-state index in [9.17, 15) is 9.59 Å². The van der Waals surface area contributed by atoms with E-state index >= 15 is 0 Å². The van der Waals surface area contributed by atoms with Gasteiger partial charge >= 0.3 is 5.97 Å². The van der Waals surface area contributed by atoms with Gasteiger partial charge in [-0.1, -0.05) is 11.8 Å². The van der Waals surface area contributed by atoms with Gasteiger partial charge in [-0.25, -0.2) is 4.79 Å². The second kappa shape index (κ2) is 8.46. The SMILES string of the molecule is CCOC(=O)c1c(NC(=O)CSc2nnc(C3CC3)n2C)sc2c1CC(C)(C)NC2(C)C. The monoisotopic (exact) mass is 477 g/mol. The maximum Gasteiger partial charge on any atom is 0.341 e. The molecule has 2 aliphatic rings. The molecule has 1 aliphatic heterocycles. The van der Waals surface area contributed by atoms with E-state index in [-0.39, 0.29) is 35.3 Å². The van der Waals surface area contributed by atoms with Crippen molar-refractivity contribution in [1.82, 2.24) is 20.1 Å². The number of carbonyl (C=O) groups excluding carboxylic acids is 2. The third kappa shape index (κ3) is 4.58. The molecule has 32 heavy (non-hydrogen) atoms. The summed E-state index contributed by atoms with van der Waals surface area (Å²) >= 11 is 2.81. The molecule has 1 aliphatic carbocycles. The van der Waals surface area contributed by atoms with Gasteiger partial charge in [0.1, 0.15) is 10.8 Å². The summed E-state index contributed by atoms with van der Waals surface area (Å²) in [4.78, 5) is 26.8. The first-order valence-corrected chi connectivity index (χ1v) is 12.8. The van der Waals surface area contributed by atoms with Crippen molar-refractivity contribution in [2.75, 3.05) is 17.7 Å². The van der Waals surface area contributed by atoms with Crippen LogP contribution in [0, 0.1) is 0 Å². The molecule has 0 atom stereocenters. The minimum atomic E-state index is -0.385. The first-order valence-electron chi connectivity index (χ1n) is 11.0. The van der Waals surface area contributed by atoms with Crippen molar-refractivity contribution in [3.05, 3.63) is 21.8 Å². The maximum absolute atomic E-state index is 12.9. The van der Waals surface area contributed by atoms with E-state index in [4.69, 9.17) is 4.74 Å². The average Bonchev–Trinajstić information content (AvgIpc) is 3.35. The second-order valence-corrected chi connectivity index (χ2v) is 11.6. The van der Waals surface area contributed by atoms with Crippen LogP contribution in [0.3, 0.4) is 0 Å². The highest BCUT2D eigenvalue weighted by molar-refractivity contribution is 7.99. The number of nitrogens with zero attached hydrogens (tertiary/aromatic N) is 3. The molecular formula is C22H31N5O3S2. The molecule has 1 fully saturated rings. The van der Waals surface area contributed by atoms with Gasteiger partial charge in [0.05, 0.1) is 17.9 Å². The summed E-state index contributed by atoms with van der Waals surface area (Å²) in [5, 5.41) is 16.4. The van der Waals surface area contributed by atoms with Gasteiger partial charge in [0.2, 0.25) is 5.91 Å². The van der Waals surface area contributed by atoms with E-state index in [2.05, 4.69) is 48.5 Å². The van der Waals surface area contributed by atoms with Crippen LogP contribution < -0.4 is 10.6 Å². The molecule has 0 spiro atoms. The lowest BCUT2D eigenvalue weighted by Crippen LogP contribution is -2.55. The molecule has 3 heterocycles. The predicted molar refractivity (Wildman–Crippen MR) is 127 cm³/mol. The summed E-state index contributed by atoms with van der Waals surface area (Å²) in [5.74, 6) is 1.11. The summed E-state index contributed by atoms with van der Waals surface area (Å²) in [6, 6.07) is 0. The molecule has 174 valence electrons. The summed E-state index contributed by atoms with van der Waals surface area (Å²) in [7, 11) is 1.94. The van der Waals surface area contributed by atoms with Crippen molar-refractivity contribution in [1.29, 1.82) is 0 Å². The molecule has 2 aromatic rings. The number of anilines is 1. The Morgan fingerprint density at radius 1 is 1.28 bits per heavy atom. The number of aromatic nitrogens is 3. The quantitative estimate of drug-likeness (QED) is 0.462. The number of amides is 1. The molecule has 0 radical (unpaired) electrons. The molecule has 8 nitrogen and oxygen atoms in total. The van der Waals surface area contributed by atoms with E-state index < -0.39 is 0 Å². The van der Waals surface area contributed by atoms with Crippen molar-refractivity contribution in [3.63, 3.8) is 0 Å². The third-order valence-electron chi connectivity index (χ3n) is 5.72. The number of rotatable bonds is 7. The lowest BCUT2D eigenvalue weighted by Gasteiger charge is -2.42. The number of hydrogen-bond donors (Lipinski definition) is 2. The van der Waals surface area contributed by atoms with Gasteiger partial charge in [-0.15, -0.1) is 21.5 Å². The number of thioether (sulfide) groups is 1. The number of carbonyl (C=O) groups is 2. The summed E-state index contributed by atoms with van der Waals surface area (Å²) in [5.41, 5.74) is 0.953. The van der Waals surface area contributed by atoms with E-state index in [1.54, 1.807) is 6.92 Å². The highest BCUT2D eigenvalue weighted by atomic mass is 32.2. The van der Waals surface area contributed by atoms with Gasteiger partial charge < -0.3 is 19.9 Å². The lowest BCUT2D eigenvalue weighted by molar-refractivity contribution is -0.113. The number of hydrogen-bond acceptors (Lipinski definition) is 8. The Morgan fingerprint density at radius 3 is 2.66 bits per heavy atom. The van der Waals surface area contributed by atoms with Crippen molar-refractivity contribution in [2.45, 2.75) is 76.0 Å². The molecular weight excluding hydrogens is 446 g/mol. The first-order chi connectivity index (χ1) is 15.0. The minimum Gasteiger partial charge on any atom is -0.462 e. The standard InChI is InChI=1S/C22H31N5O3S2/c1-7-30-19(29)15-13-10-21(2,3)26-22(4,5)16(13)32-18(15)23-14(28)11-31-20-25-24-17(27(20)6)12-8-9-12/h12,26H,7-11H2,1-6H3,(H,23,28). The Kier molecular flexibility index (Phi) is 6.15. The van der Waals surface area contributed by atoms with E-state index in [1.165, 1.54) is 23.1 Å². The van der Waals surface area contributed by atoms with Crippen molar-refractivity contribution in [3.8, 4) is 0 Å². The van der Waals surface area contributed by atoms with Crippen LogP contribution in [0.15, 0.2) is 5.16 Å². The molecule has 0 saturated heterocycles. The van der Waals surface area contributed by atoms with Crippen LogP contribution in [0.1, 0.15) is 80.0 Å². The van der Waals surface area contributed by atoms with E-state index in [0.717, 1.165) is 34.3 Å². The number of esters is 1. The van der Waals surface area contributed by atoms with Crippen LogP contribution in [0.25, 0.3) is 0 Å². The van der Waals surface area contributed by atoms with Crippen LogP contribution in [0.4, 0.5) is 5.00 Å². The van der Waals surface area contributed by atoms with Gasteiger partial charge in [0, 0.05) is 28.9 Å². The van der Waals surface area contributed by atoms with Crippen LogP contribution >= 0.6 is 23.1 Å². The molecule has 1 amide bonds. The average molecular weight is 478 g/mol. The van der Waals surface area contributed by atoms with Gasteiger partial charge in [-0.2, -0.15) is 0 Å². The van der Waals surface area contributed by atoms with Crippen LogP contribution in [0.2, 0.25) is 0 Å². The summed E-state index contributed by atoms with van der Waals surface area (Å²) in [6.07, 6.45) is 2.99. The number of fused-ring (bicyclic) bond motifs is 1. The Morgan fingerprint density at radius 2 is 2.00 bits per heavy atom. The molecule has 4 rings (SSSR count). The van der Waals surface area contributed by atoms with Gasteiger partial charge in [-0.3, -0.25) is 4.79 Å². The molecule has 1 saturated carbocycles. The highest BCUT2D eigenvalue weighted by Crippen LogP contribution is 2.45. The van der Waals surface area contributed by atoms with E-state index in [0.29, 0.717) is 22.9 Å². The minimum absolute atomic E-state index is 0.180. The lowest BCUT2D eigenvalue weighted by atomic mass is 9.81. The fourth-order valence-electron chi connectivity index (χ4n) is 4.48. The Hall–Kier alpha value is -1.91. The van der Waals surface area contributed by atoms with Crippen LogP contribution in [-0.4, -0.2) is 44.5 Å². The van der Waals surface area contributed by atoms with Crippen molar-refractivity contribution < 1.29 is 14.3 Å². The molecule has 0 unspecified atom stereocenters. The third-order valence-corrected chi connectivity index (χ3v) is 8.21. The maximum atomic E-state index is 12.9. The van der Waals surface area contributed by atoms with Crippen molar-refractivity contribution in [2.24, 2.45) is 7.05 Å². The number of nitrogens with one attached hydrogen (secondary N) is 2. The Labute approximate surface area is 196 Å². The van der Waals surface area contributed by atoms with E-state index in [1.807, 2.05) is 11.6 Å². The fraction of sp³-hybridized carbons (Fsp3) is 0.636. The zero-order chi connectivity index (χ0) is 23.3. The number of thiophene rings is 1. The van der Waals surface area contributed by atoms with Crippen molar-refractivity contribution >= 4 is 40.0 Å². The Bertz CT molecular complexity index is 1050. The first kappa shape index (κ1) is 23.3. The topological polar surface area (TPSA) is 98.1 Å². The summed E-state index contributed by atoms with van der Waals surface area (Å²) < 4.78 is 7.33. The molecule has 2 aromatic heterocycles. The van der Waals surface area contributed by atoms with Crippen LogP contribution in [0.5, 0.6) is 0 Å². The number of ether oxygens (including phenoxy) is 1. The molecule has 10 heteroatoms. The second-order valence-electron chi connectivity index (χ2n) is 9.66. The molecule has 0 aromatic carbocycles. The Balaban J connectivity index is 1.55. The van der Waals surface area contributed by atoms with Gasteiger partial charge in [0.15, 0.2) is 5.16 Å². The highest BCUT2D eigenvalue weighted by Gasteiger charge is 2.42. The normalized spacial score (nSPS) is 18.8. The van der Waals surface area contributed by atoms with Gasteiger partial charge in [0.25, 0.3) is 0 Å². The predicted octanol–water partition coefficient (Wildman–Crippen LogP) is 3.82. The summed E-state index contributed by atoms with van der Waals surface area (Å²) in [6.45, 7) is 10.5. The smallest absolute Gasteiger partial charge is 0.341 e. The molecule has 2 N–H and O–H groups in total.